The van der Waals surface area contributed by atoms with Crippen molar-refractivity contribution >= 4 is 5.91 Å². The number of aryl methyl sites for hydroxylation is 1. The molecule has 1 N–H and O–H groups in total. The minimum Gasteiger partial charge on any atom is -0.393 e. The topological polar surface area (TPSA) is 66.6 Å². The van der Waals surface area contributed by atoms with E-state index in [0.29, 0.717) is 25.2 Å². The average molecular weight is 224 g/mol. The molecule has 16 heavy (non-hydrogen) atoms. The second kappa shape index (κ2) is 4.25. The van der Waals surface area contributed by atoms with Crippen LogP contribution in [0.2, 0.25) is 0 Å². The van der Waals surface area contributed by atoms with Crippen molar-refractivity contribution in [2.24, 2.45) is 5.92 Å². The number of amides is 1. The fraction of sp³-hybridized carbons (Fsp3) is 0.636. The molecule has 5 nitrogen and oxygen atoms in total. The first-order chi connectivity index (χ1) is 7.58. The molecule has 0 saturated carbocycles. The molecule has 1 aliphatic heterocycles. The zero-order valence-electron chi connectivity index (χ0n) is 9.51. The molecule has 0 radical (unpaired) electrons. The normalized spacial score (nSPS) is 25.8. The number of hydrogen-bond acceptors (Lipinski definition) is 4. The molecule has 2 unspecified atom stereocenters. The van der Waals surface area contributed by atoms with Crippen molar-refractivity contribution < 1.29 is 14.4 Å². The third-order valence-corrected chi connectivity index (χ3v) is 2.99. The summed E-state index contributed by atoms with van der Waals surface area (Å²) in [5, 5.41) is 13.3. The highest BCUT2D eigenvalue weighted by Crippen LogP contribution is 2.18. The van der Waals surface area contributed by atoms with Gasteiger partial charge in [0.25, 0.3) is 5.91 Å². The minimum atomic E-state index is -0.305. The molecule has 88 valence electrons. The fourth-order valence-electron chi connectivity index (χ4n) is 1.94. The van der Waals surface area contributed by atoms with E-state index in [-0.39, 0.29) is 23.7 Å². The molecule has 1 aliphatic rings. The summed E-state index contributed by atoms with van der Waals surface area (Å²) >= 11 is 0. The highest BCUT2D eigenvalue weighted by molar-refractivity contribution is 5.91. The van der Waals surface area contributed by atoms with Crippen LogP contribution in [0.1, 0.15) is 29.6 Å². The van der Waals surface area contributed by atoms with Crippen LogP contribution in [0.3, 0.4) is 0 Å². The molecular weight excluding hydrogens is 208 g/mol. The molecule has 1 amide bonds. The number of piperidine rings is 1. The minimum absolute atomic E-state index is 0.113. The van der Waals surface area contributed by atoms with E-state index in [0.717, 1.165) is 0 Å². The molecule has 1 aromatic rings. The van der Waals surface area contributed by atoms with E-state index >= 15 is 0 Å². The van der Waals surface area contributed by atoms with Crippen molar-refractivity contribution in [2.75, 3.05) is 13.1 Å². The van der Waals surface area contributed by atoms with E-state index in [2.05, 4.69) is 5.16 Å². The maximum absolute atomic E-state index is 12.0. The lowest BCUT2D eigenvalue weighted by Gasteiger charge is -2.33. The number of nitrogens with zero attached hydrogens (tertiary/aromatic N) is 2. The van der Waals surface area contributed by atoms with E-state index in [4.69, 9.17) is 4.52 Å². The largest absolute Gasteiger partial charge is 0.393 e. The lowest BCUT2D eigenvalue weighted by atomic mass is 9.96. The first kappa shape index (κ1) is 11.1. The second-order valence-corrected chi connectivity index (χ2v) is 4.42. The first-order valence-electron chi connectivity index (χ1n) is 5.48. The van der Waals surface area contributed by atoms with Gasteiger partial charge in [0.1, 0.15) is 0 Å². The molecule has 2 rings (SSSR count). The summed E-state index contributed by atoms with van der Waals surface area (Å²) in [7, 11) is 0. The van der Waals surface area contributed by atoms with E-state index in [1.54, 1.807) is 17.9 Å². The Bertz CT molecular complexity index is 388. The van der Waals surface area contributed by atoms with Gasteiger partial charge in [-0.15, -0.1) is 0 Å². The van der Waals surface area contributed by atoms with E-state index in [1.165, 1.54) is 0 Å². The van der Waals surface area contributed by atoms with Gasteiger partial charge in [0.15, 0.2) is 0 Å². The van der Waals surface area contributed by atoms with E-state index in [9.17, 15) is 9.90 Å². The van der Waals surface area contributed by atoms with E-state index in [1.807, 2.05) is 6.92 Å². The van der Waals surface area contributed by atoms with Crippen LogP contribution in [0.4, 0.5) is 0 Å². The standard InChI is InChI=1S/C11H16N2O3/c1-7-6-13(4-3-9(7)14)11(15)10-5-8(2)12-16-10/h5,7,9,14H,3-4,6H2,1-2H3. The Kier molecular flexibility index (Phi) is 2.96. The molecule has 0 aliphatic carbocycles. The average Bonchev–Trinajstić information content (AvgIpc) is 2.68. The number of rotatable bonds is 1. The molecule has 0 spiro atoms. The Hall–Kier alpha value is -1.36. The molecule has 1 saturated heterocycles. The van der Waals surface area contributed by atoms with Gasteiger partial charge < -0.3 is 14.5 Å². The van der Waals surface area contributed by atoms with Crippen LogP contribution >= 0.6 is 0 Å². The lowest BCUT2D eigenvalue weighted by Crippen LogP contribution is -2.44. The molecule has 0 aromatic carbocycles. The van der Waals surface area contributed by atoms with Gasteiger partial charge in [-0.05, 0) is 19.3 Å². The third kappa shape index (κ3) is 2.09. The van der Waals surface area contributed by atoms with Gasteiger partial charge in [-0.2, -0.15) is 0 Å². The summed E-state index contributed by atoms with van der Waals surface area (Å²) in [6, 6.07) is 1.64. The summed E-state index contributed by atoms with van der Waals surface area (Å²) in [4.78, 5) is 13.7. The maximum Gasteiger partial charge on any atom is 0.292 e. The van der Waals surface area contributed by atoms with Crippen LogP contribution in [0, 0.1) is 12.8 Å². The summed E-state index contributed by atoms with van der Waals surface area (Å²) in [5.41, 5.74) is 0.702. The quantitative estimate of drug-likeness (QED) is 0.767. The van der Waals surface area contributed by atoms with Gasteiger partial charge in [-0.25, -0.2) is 0 Å². The summed E-state index contributed by atoms with van der Waals surface area (Å²) in [6.07, 6.45) is 0.320. The molecule has 2 heterocycles. The van der Waals surface area contributed by atoms with Crippen LogP contribution in [0.5, 0.6) is 0 Å². The molecule has 2 atom stereocenters. The van der Waals surface area contributed by atoms with Crippen molar-refractivity contribution in [3.05, 3.63) is 17.5 Å². The number of aliphatic hydroxyl groups excluding tert-OH is 1. The Morgan fingerprint density at radius 2 is 2.44 bits per heavy atom. The number of likely N-dealkylation sites (tertiary alicyclic amines) is 1. The Balaban J connectivity index is 2.06. The van der Waals surface area contributed by atoms with Crippen LogP contribution in [-0.4, -0.2) is 40.3 Å². The zero-order valence-corrected chi connectivity index (χ0v) is 9.51. The van der Waals surface area contributed by atoms with Gasteiger partial charge in [0, 0.05) is 19.2 Å². The summed E-state index contributed by atoms with van der Waals surface area (Å²) in [5.74, 6) is 0.252. The SMILES string of the molecule is Cc1cc(C(=O)N2CCC(O)C(C)C2)on1. The van der Waals surface area contributed by atoms with Crippen molar-refractivity contribution in [1.29, 1.82) is 0 Å². The predicted octanol–water partition coefficient (Wildman–Crippen LogP) is 0.826. The molecule has 1 fully saturated rings. The first-order valence-corrected chi connectivity index (χ1v) is 5.48. The van der Waals surface area contributed by atoms with Crippen LogP contribution in [-0.2, 0) is 0 Å². The number of aliphatic hydroxyl groups is 1. The summed E-state index contributed by atoms with van der Waals surface area (Å²) in [6.45, 7) is 4.86. The third-order valence-electron chi connectivity index (χ3n) is 2.99. The highest BCUT2D eigenvalue weighted by Gasteiger charge is 2.29. The van der Waals surface area contributed by atoms with Crippen LogP contribution in [0.25, 0.3) is 0 Å². The van der Waals surface area contributed by atoms with Crippen molar-refractivity contribution in [2.45, 2.75) is 26.4 Å². The number of aromatic nitrogens is 1. The Morgan fingerprint density at radius 1 is 1.69 bits per heavy atom. The zero-order chi connectivity index (χ0) is 11.7. The Labute approximate surface area is 94.0 Å². The molecule has 5 heteroatoms. The van der Waals surface area contributed by atoms with Gasteiger partial charge in [-0.3, -0.25) is 4.79 Å². The molecule has 0 bridgehead atoms. The van der Waals surface area contributed by atoms with Crippen LogP contribution in [0.15, 0.2) is 10.6 Å². The summed E-state index contributed by atoms with van der Waals surface area (Å²) < 4.78 is 4.94. The number of carbonyl (C=O) groups excluding carboxylic acids is 1. The maximum atomic E-state index is 12.0. The second-order valence-electron chi connectivity index (χ2n) is 4.42. The lowest BCUT2D eigenvalue weighted by molar-refractivity contribution is 0.0274. The van der Waals surface area contributed by atoms with E-state index < -0.39 is 0 Å². The highest BCUT2D eigenvalue weighted by atomic mass is 16.5. The van der Waals surface area contributed by atoms with Gasteiger partial charge >= 0.3 is 0 Å². The fourth-order valence-corrected chi connectivity index (χ4v) is 1.94. The number of carbonyl (C=O) groups is 1. The monoisotopic (exact) mass is 224 g/mol. The molecular formula is C11H16N2O3. The predicted molar refractivity (Wildman–Crippen MR) is 56.9 cm³/mol. The van der Waals surface area contributed by atoms with Crippen molar-refractivity contribution in [3.63, 3.8) is 0 Å². The van der Waals surface area contributed by atoms with Gasteiger partial charge in [-0.1, -0.05) is 12.1 Å². The van der Waals surface area contributed by atoms with Gasteiger partial charge in [0.2, 0.25) is 5.76 Å². The number of hydrogen-bond donors (Lipinski definition) is 1. The van der Waals surface area contributed by atoms with Crippen molar-refractivity contribution in [3.8, 4) is 0 Å². The smallest absolute Gasteiger partial charge is 0.292 e. The van der Waals surface area contributed by atoms with Crippen LogP contribution < -0.4 is 0 Å². The molecule has 1 aromatic heterocycles. The Morgan fingerprint density at radius 3 is 3.00 bits per heavy atom. The van der Waals surface area contributed by atoms with Crippen molar-refractivity contribution in [1.82, 2.24) is 10.1 Å². The van der Waals surface area contributed by atoms with Gasteiger partial charge in [0.05, 0.1) is 11.8 Å².